The highest BCUT2D eigenvalue weighted by atomic mass is 35.5. The van der Waals surface area contributed by atoms with Crippen molar-refractivity contribution in [3.8, 4) is 5.75 Å². The van der Waals surface area contributed by atoms with Crippen LogP contribution in [0.25, 0.3) is 0 Å². The number of hydrogen-bond donors (Lipinski definition) is 1. The van der Waals surface area contributed by atoms with Crippen LogP contribution >= 0.6 is 34.8 Å². The topological polar surface area (TPSA) is 38.3 Å². The number of hydrogen-bond acceptors (Lipinski definition) is 2. The summed E-state index contributed by atoms with van der Waals surface area (Å²) in [5, 5.41) is 3.79. The van der Waals surface area contributed by atoms with Crippen LogP contribution in [-0.2, 0) is 4.79 Å². The van der Waals surface area contributed by atoms with E-state index in [-0.39, 0.29) is 5.91 Å². The Morgan fingerprint density at radius 3 is 2.59 bits per heavy atom. The highest BCUT2D eigenvalue weighted by molar-refractivity contribution is 6.44. The molecule has 0 fully saturated rings. The van der Waals surface area contributed by atoms with E-state index in [1.807, 2.05) is 13.0 Å². The van der Waals surface area contributed by atoms with Gasteiger partial charge in [-0.05, 0) is 43.7 Å². The molecule has 0 saturated heterocycles. The van der Waals surface area contributed by atoms with Gasteiger partial charge in [0.2, 0.25) is 0 Å². The summed E-state index contributed by atoms with van der Waals surface area (Å²) in [7, 11) is 0. The molecule has 0 aliphatic heterocycles. The molecule has 1 unspecified atom stereocenters. The molecule has 0 heterocycles. The minimum atomic E-state index is -0.741. The Morgan fingerprint density at radius 1 is 1.14 bits per heavy atom. The molecule has 0 aliphatic carbocycles. The van der Waals surface area contributed by atoms with Gasteiger partial charge in [-0.1, -0.05) is 46.9 Å². The first kappa shape index (κ1) is 16.9. The lowest BCUT2D eigenvalue weighted by Crippen LogP contribution is -2.30. The molecule has 2 aromatic rings. The lowest BCUT2D eigenvalue weighted by Gasteiger charge is -2.16. The Bertz CT molecular complexity index is 704. The summed E-state index contributed by atoms with van der Waals surface area (Å²) >= 11 is 18.0. The fourth-order valence-corrected chi connectivity index (χ4v) is 2.29. The zero-order chi connectivity index (χ0) is 16.3. The van der Waals surface area contributed by atoms with Crippen LogP contribution in [-0.4, -0.2) is 12.0 Å². The summed E-state index contributed by atoms with van der Waals surface area (Å²) in [5.74, 6) is 0.114. The van der Waals surface area contributed by atoms with Crippen LogP contribution < -0.4 is 10.1 Å². The Labute approximate surface area is 144 Å². The third kappa shape index (κ3) is 4.07. The van der Waals surface area contributed by atoms with Crippen LogP contribution in [0.2, 0.25) is 15.1 Å². The summed E-state index contributed by atoms with van der Waals surface area (Å²) in [6.07, 6.45) is -0.741. The molecule has 1 atom stereocenters. The predicted molar refractivity (Wildman–Crippen MR) is 91.4 cm³/mol. The third-order valence-electron chi connectivity index (χ3n) is 2.97. The average molecular weight is 359 g/mol. The van der Waals surface area contributed by atoms with Crippen molar-refractivity contribution in [2.45, 2.75) is 20.0 Å². The number of nitrogens with one attached hydrogen (secondary N) is 1. The molecule has 0 spiro atoms. The quantitative estimate of drug-likeness (QED) is 0.799. The van der Waals surface area contributed by atoms with Crippen LogP contribution in [0.5, 0.6) is 5.75 Å². The molecule has 0 radical (unpaired) electrons. The zero-order valence-corrected chi connectivity index (χ0v) is 14.3. The summed E-state index contributed by atoms with van der Waals surface area (Å²) in [4.78, 5) is 12.2. The van der Waals surface area contributed by atoms with Crippen molar-refractivity contribution in [1.82, 2.24) is 0 Å². The first-order valence-corrected chi connectivity index (χ1v) is 7.69. The van der Waals surface area contributed by atoms with Crippen molar-refractivity contribution in [2.75, 3.05) is 5.32 Å². The summed E-state index contributed by atoms with van der Waals surface area (Å²) in [6, 6.07) is 10.4. The number of anilines is 1. The second-order valence-corrected chi connectivity index (χ2v) is 5.98. The first-order chi connectivity index (χ1) is 10.4. The molecule has 6 heteroatoms. The molecular formula is C16H14Cl3NO2. The number of halogens is 3. The second-order valence-electron chi connectivity index (χ2n) is 4.78. The van der Waals surface area contributed by atoms with E-state index >= 15 is 0 Å². The molecule has 2 rings (SSSR count). The van der Waals surface area contributed by atoms with Crippen molar-refractivity contribution in [3.63, 3.8) is 0 Å². The van der Waals surface area contributed by atoms with Crippen LogP contribution in [0.15, 0.2) is 36.4 Å². The standard InChI is InChI=1S/C16H14Cl3NO2/c1-9-6-7-11(17)14(8-9)22-10(2)16(21)20-13-5-3-4-12(18)15(13)19/h3-8,10H,1-2H3,(H,20,21). The molecule has 2 aromatic carbocycles. The van der Waals surface area contributed by atoms with Gasteiger partial charge in [0, 0.05) is 0 Å². The molecule has 0 saturated carbocycles. The van der Waals surface area contributed by atoms with Gasteiger partial charge in [0.15, 0.2) is 6.10 Å². The average Bonchev–Trinajstić information content (AvgIpc) is 2.47. The van der Waals surface area contributed by atoms with Gasteiger partial charge in [-0.2, -0.15) is 0 Å². The van der Waals surface area contributed by atoms with Gasteiger partial charge in [-0.15, -0.1) is 0 Å². The normalized spacial score (nSPS) is 11.9. The lowest BCUT2D eigenvalue weighted by molar-refractivity contribution is -0.122. The van der Waals surface area contributed by atoms with Gasteiger partial charge in [0.25, 0.3) is 5.91 Å². The van der Waals surface area contributed by atoms with E-state index in [2.05, 4.69) is 5.32 Å². The van der Waals surface area contributed by atoms with Crippen LogP contribution in [0, 0.1) is 6.92 Å². The monoisotopic (exact) mass is 357 g/mol. The molecule has 0 bridgehead atoms. The summed E-state index contributed by atoms with van der Waals surface area (Å²) in [5.41, 5.74) is 1.43. The minimum Gasteiger partial charge on any atom is -0.479 e. The van der Waals surface area contributed by atoms with E-state index in [1.54, 1.807) is 37.3 Å². The number of carbonyl (C=O) groups excluding carboxylic acids is 1. The number of carbonyl (C=O) groups is 1. The number of rotatable bonds is 4. The summed E-state index contributed by atoms with van der Waals surface area (Å²) in [6.45, 7) is 3.55. The van der Waals surface area contributed by atoms with Crippen molar-refractivity contribution >= 4 is 46.4 Å². The smallest absolute Gasteiger partial charge is 0.265 e. The van der Waals surface area contributed by atoms with E-state index < -0.39 is 6.10 Å². The molecule has 116 valence electrons. The fraction of sp³-hybridized carbons (Fsp3) is 0.188. The molecule has 0 aliphatic rings. The minimum absolute atomic E-state index is 0.290. The Balaban J connectivity index is 2.09. The lowest BCUT2D eigenvalue weighted by atomic mass is 10.2. The van der Waals surface area contributed by atoms with Crippen molar-refractivity contribution in [1.29, 1.82) is 0 Å². The second kappa shape index (κ2) is 7.23. The van der Waals surface area contributed by atoms with E-state index in [9.17, 15) is 4.79 Å². The van der Waals surface area contributed by atoms with Crippen LogP contribution in [0.3, 0.4) is 0 Å². The van der Waals surface area contributed by atoms with E-state index in [4.69, 9.17) is 39.5 Å². The molecule has 22 heavy (non-hydrogen) atoms. The van der Waals surface area contributed by atoms with E-state index in [0.29, 0.717) is 26.5 Å². The van der Waals surface area contributed by atoms with Crippen LogP contribution in [0.1, 0.15) is 12.5 Å². The molecule has 3 nitrogen and oxygen atoms in total. The SMILES string of the molecule is Cc1ccc(Cl)c(OC(C)C(=O)Nc2cccc(Cl)c2Cl)c1. The zero-order valence-electron chi connectivity index (χ0n) is 12.0. The van der Waals surface area contributed by atoms with Crippen LogP contribution in [0.4, 0.5) is 5.69 Å². The predicted octanol–water partition coefficient (Wildman–Crippen LogP) is 5.36. The highest BCUT2D eigenvalue weighted by Gasteiger charge is 2.18. The number of benzene rings is 2. The number of ether oxygens (including phenoxy) is 1. The maximum atomic E-state index is 12.2. The summed E-state index contributed by atoms with van der Waals surface area (Å²) < 4.78 is 5.61. The van der Waals surface area contributed by atoms with E-state index in [1.165, 1.54) is 0 Å². The number of aryl methyl sites for hydroxylation is 1. The van der Waals surface area contributed by atoms with Gasteiger partial charge >= 0.3 is 0 Å². The van der Waals surface area contributed by atoms with Gasteiger partial charge in [-0.25, -0.2) is 0 Å². The number of amides is 1. The van der Waals surface area contributed by atoms with Gasteiger partial charge < -0.3 is 10.1 Å². The molecule has 1 N–H and O–H groups in total. The maximum Gasteiger partial charge on any atom is 0.265 e. The van der Waals surface area contributed by atoms with Gasteiger partial charge in [-0.3, -0.25) is 4.79 Å². The van der Waals surface area contributed by atoms with Gasteiger partial charge in [0.1, 0.15) is 5.75 Å². The largest absolute Gasteiger partial charge is 0.479 e. The Hall–Kier alpha value is -1.42. The van der Waals surface area contributed by atoms with Crippen molar-refractivity contribution in [3.05, 3.63) is 57.0 Å². The third-order valence-corrected chi connectivity index (χ3v) is 4.10. The van der Waals surface area contributed by atoms with E-state index in [0.717, 1.165) is 5.56 Å². The fourth-order valence-electron chi connectivity index (χ4n) is 1.78. The molecular weight excluding hydrogens is 345 g/mol. The first-order valence-electron chi connectivity index (χ1n) is 6.56. The van der Waals surface area contributed by atoms with Crippen molar-refractivity contribution < 1.29 is 9.53 Å². The molecule has 0 aromatic heterocycles. The Kier molecular flexibility index (Phi) is 5.57. The molecule has 1 amide bonds. The van der Waals surface area contributed by atoms with Crippen molar-refractivity contribution in [2.24, 2.45) is 0 Å². The maximum absolute atomic E-state index is 12.2. The Morgan fingerprint density at radius 2 is 1.86 bits per heavy atom. The highest BCUT2D eigenvalue weighted by Crippen LogP contribution is 2.30. The van der Waals surface area contributed by atoms with Gasteiger partial charge in [0.05, 0.1) is 20.8 Å².